The lowest BCUT2D eigenvalue weighted by Gasteiger charge is -2.36. The Labute approximate surface area is 147 Å². The number of carbonyl (C=O) groups excluding carboxylic acids is 3. The molecule has 1 heterocycles. The summed E-state index contributed by atoms with van der Waals surface area (Å²) >= 11 is 0. The van der Waals surface area contributed by atoms with Gasteiger partial charge in [-0.3, -0.25) is 14.4 Å². The molecule has 0 bridgehead atoms. The van der Waals surface area contributed by atoms with Gasteiger partial charge in [0.2, 0.25) is 11.8 Å². The van der Waals surface area contributed by atoms with Crippen molar-refractivity contribution in [3.8, 4) is 0 Å². The molecule has 5 heteroatoms. The van der Waals surface area contributed by atoms with Crippen molar-refractivity contribution in [2.24, 2.45) is 5.92 Å². The average molecular weight is 340 g/mol. The van der Waals surface area contributed by atoms with E-state index in [2.05, 4.69) is 22.8 Å². The fraction of sp³-hybridized carbons (Fsp3) is 0.550. The Bertz CT molecular complexity index is 700. The molecule has 3 aliphatic rings. The van der Waals surface area contributed by atoms with Gasteiger partial charge in [-0.05, 0) is 55.7 Å². The summed E-state index contributed by atoms with van der Waals surface area (Å²) in [6, 6.07) is 7.85. The molecule has 1 atom stereocenters. The van der Waals surface area contributed by atoms with Gasteiger partial charge in [-0.2, -0.15) is 0 Å². The topological polar surface area (TPSA) is 75.3 Å². The third kappa shape index (κ3) is 2.86. The molecule has 2 N–H and O–H groups in total. The summed E-state index contributed by atoms with van der Waals surface area (Å²) in [5.74, 6) is -1.84. The van der Waals surface area contributed by atoms with E-state index in [4.69, 9.17) is 0 Å². The lowest BCUT2D eigenvalue weighted by molar-refractivity contribution is -0.136. The Balaban J connectivity index is 1.42. The van der Waals surface area contributed by atoms with Gasteiger partial charge in [0.15, 0.2) is 11.7 Å². The molecule has 0 radical (unpaired) electrons. The molecule has 25 heavy (non-hydrogen) atoms. The minimum absolute atomic E-state index is 0.264. The molecule has 2 saturated carbocycles. The first-order valence-electron chi connectivity index (χ1n) is 9.36. The van der Waals surface area contributed by atoms with Crippen LogP contribution in [0.15, 0.2) is 24.3 Å². The Hall–Kier alpha value is -2.17. The molecule has 2 amide bonds. The van der Waals surface area contributed by atoms with Crippen LogP contribution in [0.25, 0.3) is 0 Å². The first-order chi connectivity index (χ1) is 12.1. The van der Waals surface area contributed by atoms with Gasteiger partial charge in [0.1, 0.15) is 0 Å². The number of anilines is 1. The summed E-state index contributed by atoms with van der Waals surface area (Å²) in [5, 5.41) is 5.48. The highest BCUT2D eigenvalue weighted by atomic mass is 16.2. The van der Waals surface area contributed by atoms with Crippen LogP contribution in [0.5, 0.6) is 0 Å². The highest BCUT2D eigenvalue weighted by Gasteiger charge is 2.58. The fourth-order valence-electron chi connectivity index (χ4n) is 4.39. The van der Waals surface area contributed by atoms with Gasteiger partial charge in [0, 0.05) is 5.69 Å². The van der Waals surface area contributed by atoms with Crippen LogP contribution in [-0.2, 0) is 14.4 Å². The lowest BCUT2D eigenvalue weighted by atomic mass is 9.73. The van der Waals surface area contributed by atoms with Gasteiger partial charge in [-0.1, -0.05) is 31.4 Å². The Kier molecular flexibility index (Phi) is 4.10. The van der Waals surface area contributed by atoms with E-state index in [0.717, 1.165) is 6.42 Å². The first kappa shape index (κ1) is 16.3. The van der Waals surface area contributed by atoms with Gasteiger partial charge < -0.3 is 10.6 Å². The van der Waals surface area contributed by atoms with Crippen LogP contribution >= 0.6 is 0 Å². The van der Waals surface area contributed by atoms with Gasteiger partial charge >= 0.3 is 0 Å². The predicted molar refractivity (Wildman–Crippen MR) is 94.1 cm³/mol. The second-order valence-electron chi connectivity index (χ2n) is 7.67. The van der Waals surface area contributed by atoms with Gasteiger partial charge in [0.05, 0.1) is 5.54 Å². The van der Waals surface area contributed by atoms with Crippen molar-refractivity contribution in [2.75, 3.05) is 5.32 Å². The molecule has 1 unspecified atom stereocenters. The van der Waals surface area contributed by atoms with Crippen LogP contribution in [0.1, 0.15) is 62.8 Å². The van der Waals surface area contributed by atoms with E-state index < -0.39 is 23.3 Å². The molecule has 0 aromatic heterocycles. The molecule has 1 aromatic carbocycles. The highest BCUT2D eigenvalue weighted by molar-refractivity contribution is 6.28. The number of rotatable bonds is 3. The molecule has 5 nitrogen and oxygen atoms in total. The zero-order valence-corrected chi connectivity index (χ0v) is 14.3. The number of carbonyl (C=O) groups is 3. The van der Waals surface area contributed by atoms with E-state index in [1.807, 2.05) is 12.1 Å². The zero-order chi connectivity index (χ0) is 17.4. The number of nitrogens with one attached hydrogen (secondary N) is 2. The maximum Gasteiger partial charge on any atom is 0.244 e. The Morgan fingerprint density at radius 3 is 2.24 bits per heavy atom. The highest BCUT2D eigenvalue weighted by Crippen LogP contribution is 2.39. The van der Waals surface area contributed by atoms with Crippen LogP contribution in [0.3, 0.4) is 0 Å². The van der Waals surface area contributed by atoms with Crippen molar-refractivity contribution in [3.63, 3.8) is 0 Å². The smallest absolute Gasteiger partial charge is 0.244 e. The second kappa shape index (κ2) is 6.28. The maximum atomic E-state index is 12.5. The molecule has 1 spiro atoms. The van der Waals surface area contributed by atoms with E-state index in [-0.39, 0.29) is 5.78 Å². The second-order valence-corrected chi connectivity index (χ2v) is 7.67. The number of ketones is 1. The average Bonchev–Trinajstić information content (AvgIpc) is 2.87. The normalized spacial score (nSPS) is 25.5. The summed E-state index contributed by atoms with van der Waals surface area (Å²) in [5.41, 5.74) is 1.18. The number of hydrogen-bond acceptors (Lipinski definition) is 3. The molecule has 3 fully saturated rings. The van der Waals surface area contributed by atoms with Crippen molar-refractivity contribution in [2.45, 2.75) is 62.8 Å². The van der Waals surface area contributed by atoms with Crippen molar-refractivity contribution in [1.29, 1.82) is 0 Å². The minimum Gasteiger partial charge on any atom is -0.342 e. The van der Waals surface area contributed by atoms with Crippen molar-refractivity contribution >= 4 is 23.3 Å². The van der Waals surface area contributed by atoms with E-state index in [0.29, 0.717) is 24.4 Å². The first-order valence-corrected chi connectivity index (χ1v) is 9.36. The van der Waals surface area contributed by atoms with Crippen molar-refractivity contribution in [3.05, 3.63) is 29.8 Å². The zero-order valence-electron chi connectivity index (χ0n) is 14.3. The summed E-state index contributed by atoms with van der Waals surface area (Å²) in [4.78, 5) is 37.0. The third-order valence-electron chi connectivity index (χ3n) is 6.08. The molecular weight excluding hydrogens is 316 g/mol. The predicted octanol–water partition coefficient (Wildman–Crippen LogP) is 2.91. The lowest BCUT2D eigenvalue weighted by Crippen LogP contribution is -2.52. The summed E-state index contributed by atoms with van der Waals surface area (Å²) < 4.78 is 0. The van der Waals surface area contributed by atoms with E-state index >= 15 is 0 Å². The van der Waals surface area contributed by atoms with Crippen LogP contribution < -0.4 is 10.6 Å². The number of amides is 2. The van der Waals surface area contributed by atoms with Crippen LogP contribution in [0.4, 0.5) is 5.69 Å². The fourth-order valence-corrected chi connectivity index (χ4v) is 4.39. The van der Waals surface area contributed by atoms with Crippen LogP contribution in [-0.4, -0.2) is 23.1 Å². The maximum absolute atomic E-state index is 12.5. The molecule has 4 rings (SSSR count). The molecule has 2 aliphatic carbocycles. The van der Waals surface area contributed by atoms with Gasteiger partial charge in [0.25, 0.3) is 0 Å². The van der Waals surface area contributed by atoms with Gasteiger partial charge in [-0.15, -0.1) is 0 Å². The Morgan fingerprint density at radius 1 is 1.00 bits per heavy atom. The number of hydrogen-bond donors (Lipinski definition) is 2. The summed E-state index contributed by atoms with van der Waals surface area (Å²) in [6.07, 6.45) is 8.56. The van der Waals surface area contributed by atoms with Crippen molar-refractivity contribution < 1.29 is 14.4 Å². The number of Topliss-reactive ketones (excluding diaryl/α,β-unsaturated/α-hetero) is 1. The quantitative estimate of drug-likeness (QED) is 0.831. The summed E-state index contributed by atoms with van der Waals surface area (Å²) in [7, 11) is 0. The standard InChI is InChI=1S/C20H24N2O3/c23-17-16(19(25)22-20(17)11-4-12-20)18(24)21-15-9-7-14(8-10-15)13-5-2-1-3-6-13/h7-10,13,16H,1-6,11-12H2,(H,21,24)(H,22,25). The third-order valence-corrected chi connectivity index (χ3v) is 6.08. The van der Waals surface area contributed by atoms with E-state index in [1.165, 1.54) is 37.7 Å². The SMILES string of the molecule is O=C(Nc1ccc(C2CCCCC2)cc1)C1C(=O)NC2(CCC2)C1=O. The Morgan fingerprint density at radius 2 is 1.68 bits per heavy atom. The molecule has 1 aliphatic heterocycles. The van der Waals surface area contributed by atoms with E-state index in [1.54, 1.807) is 0 Å². The molecular formula is C20H24N2O3. The van der Waals surface area contributed by atoms with Crippen LogP contribution in [0, 0.1) is 5.92 Å². The van der Waals surface area contributed by atoms with Crippen molar-refractivity contribution in [1.82, 2.24) is 5.32 Å². The van der Waals surface area contributed by atoms with Gasteiger partial charge in [-0.25, -0.2) is 0 Å². The summed E-state index contributed by atoms with van der Waals surface area (Å²) in [6.45, 7) is 0. The molecule has 1 aromatic rings. The molecule has 132 valence electrons. The van der Waals surface area contributed by atoms with E-state index in [9.17, 15) is 14.4 Å². The largest absolute Gasteiger partial charge is 0.342 e. The monoisotopic (exact) mass is 340 g/mol. The number of benzene rings is 1. The minimum atomic E-state index is -1.21. The van der Waals surface area contributed by atoms with Crippen LogP contribution in [0.2, 0.25) is 0 Å². The molecule has 1 saturated heterocycles.